The van der Waals surface area contributed by atoms with Gasteiger partial charge >= 0.3 is 0 Å². The molecule has 5 nitrogen and oxygen atoms in total. The third-order valence-corrected chi connectivity index (χ3v) is 3.06. The van der Waals surface area contributed by atoms with Crippen molar-refractivity contribution in [3.05, 3.63) is 53.6 Å². The summed E-state index contributed by atoms with van der Waals surface area (Å²) in [6.07, 6.45) is 0. The number of nitriles is 1. The summed E-state index contributed by atoms with van der Waals surface area (Å²) in [7, 11) is 0. The minimum atomic E-state index is -0.274. The average Bonchev–Trinajstić information content (AvgIpc) is 2.57. The van der Waals surface area contributed by atoms with Gasteiger partial charge in [-0.05, 0) is 50.2 Å². The van der Waals surface area contributed by atoms with Crippen molar-refractivity contribution >= 4 is 11.6 Å². The molecule has 2 aromatic carbocycles. The van der Waals surface area contributed by atoms with Gasteiger partial charge < -0.3 is 14.8 Å². The molecule has 0 aromatic heterocycles. The van der Waals surface area contributed by atoms with E-state index < -0.39 is 0 Å². The molecule has 0 aliphatic rings. The number of hydrogen-bond donors (Lipinski definition) is 1. The van der Waals surface area contributed by atoms with Crippen molar-refractivity contribution in [2.24, 2.45) is 0 Å². The van der Waals surface area contributed by atoms with Crippen LogP contribution in [0.15, 0.2) is 42.5 Å². The van der Waals surface area contributed by atoms with Gasteiger partial charge in [-0.15, -0.1) is 0 Å². The number of hydrogen-bond acceptors (Lipinski definition) is 4. The molecule has 23 heavy (non-hydrogen) atoms. The second-order valence-corrected chi connectivity index (χ2v) is 4.67. The normalized spacial score (nSPS) is 9.78. The van der Waals surface area contributed by atoms with E-state index in [0.29, 0.717) is 41.5 Å². The van der Waals surface area contributed by atoms with E-state index in [1.165, 1.54) is 0 Å². The Labute approximate surface area is 135 Å². The molecule has 0 spiro atoms. The maximum Gasteiger partial charge on any atom is 0.255 e. The van der Waals surface area contributed by atoms with Crippen molar-refractivity contribution in [3.63, 3.8) is 0 Å². The minimum absolute atomic E-state index is 0.274. The molecule has 0 unspecified atom stereocenters. The Morgan fingerprint density at radius 1 is 1.09 bits per heavy atom. The molecule has 0 atom stereocenters. The first-order valence-corrected chi connectivity index (χ1v) is 7.39. The predicted molar refractivity (Wildman–Crippen MR) is 87.9 cm³/mol. The highest BCUT2D eigenvalue weighted by molar-refractivity contribution is 6.04. The summed E-state index contributed by atoms with van der Waals surface area (Å²) in [5.74, 6) is 0.870. The molecule has 1 N–H and O–H groups in total. The second kappa shape index (κ2) is 7.85. The SMILES string of the molecule is CCOc1ccc(C(=O)Nc2cccc(C#N)c2)cc1OCC. The van der Waals surface area contributed by atoms with Gasteiger partial charge in [-0.1, -0.05) is 6.07 Å². The molecule has 0 saturated heterocycles. The summed E-state index contributed by atoms with van der Waals surface area (Å²) >= 11 is 0. The van der Waals surface area contributed by atoms with E-state index in [1.54, 1.807) is 42.5 Å². The Morgan fingerprint density at radius 2 is 1.83 bits per heavy atom. The van der Waals surface area contributed by atoms with Gasteiger partial charge in [-0.25, -0.2) is 0 Å². The van der Waals surface area contributed by atoms with Crippen molar-refractivity contribution in [2.75, 3.05) is 18.5 Å². The fourth-order valence-electron chi connectivity index (χ4n) is 2.06. The molecule has 118 valence electrons. The highest BCUT2D eigenvalue weighted by Crippen LogP contribution is 2.28. The molecule has 0 radical (unpaired) electrons. The average molecular weight is 310 g/mol. The Kier molecular flexibility index (Phi) is 5.59. The number of carbonyl (C=O) groups is 1. The van der Waals surface area contributed by atoms with Crippen molar-refractivity contribution in [2.45, 2.75) is 13.8 Å². The first kappa shape index (κ1) is 16.4. The van der Waals surface area contributed by atoms with E-state index in [1.807, 2.05) is 19.9 Å². The molecule has 0 aliphatic carbocycles. The van der Waals surface area contributed by atoms with Crippen LogP contribution in [0, 0.1) is 11.3 Å². The fraction of sp³-hybridized carbons (Fsp3) is 0.222. The van der Waals surface area contributed by atoms with E-state index in [-0.39, 0.29) is 5.91 Å². The monoisotopic (exact) mass is 310 g/mol. The molecule has 0 saturated carbocycles. The molecular weight excluding hydrogens is 292 g/mol. The number of nitrogens with one attached hydrogen (secondary N) is 1. The van der Waals surface area contributed by atoms with Crippen LogP contribution >= 0.6 is 0 Å². The lowest BCUT2D eigenvalue weighted by atomic mass is 10.1. The largest absolute Gasteiger partial charge is 0.490 e. The summed E-state index contributed by atoms with van der Waals surface area (Å²) in [5, 5.41) is 11.7. The van der Waals surface area contributed by atoms with E-state index in [2.05, 4.69) is 5.32 Å². The number of benzene rings is 2. The molecule has 1 amide bonds. The zero-order valence-corrected chi connectivity index (χ0v) is 13.1. The van der Waals surface area contributed by atoms with Crippen LogP contribution in [-0.4, -0.2) is 19.1 Å². The maximum absolute atomic E-state index is 12.3. The molecule has 0 fully saturated rings. The topological polar surface area (TPSA) is 71.3 Å². The van der Waals surface area contributed by atoms with E-state index in [4.69, 9.17) is 14.7 Å². The van der Waals surface area contributed by atoms with Gasteiger partial charge in [0.05, 0.1) is 24.8 Å². The highest BCUT2D eigenvalue weighted by atomic mass is 16.5. The maximum atomic E-state index is 12.3. The first-order chi connectivity index (χ1) is 11.2. The van der Waals surface area contributed by atoms with Crippen molar-refractivity contribution < 1.29 is 14.3 Å². The van der Waals surface area contributed by atoms with Gasteiger partial charge in [0.15, 0.2) is 11.5 Å². The lowest BCUT2D eigenvalue weighted by molar-refractivity contribution is 0.102. The summed E-state index contributed by atoms with van der Waals surface area (Å²) in [6.45, 7) is 4.76. The molecular formula is C18H18N2O3. The van der Waals surface area contributed by atoms with Crippen molar-refractivity contribution in [3.8, 4) is 17.6 Å². The Hall–Kier alpha value is -3.00. The van der Waals surface area contributed by atoms with Crippen LogP contribution in [0.1, 0.15) is 29.8 Å². The number of carbonyl (C=O) groups excluding carboxylic acids is 1. The lowest BCUT2D eigenvalue weighted by Gasteiger charge is -2.12. The Balaban J connectivity index is 2.21. The molecule has 0 bridgehead atoms. The molecule has 5 heteroatoms. The van der Waals surface area contributed by atoms with Crippen LogP contribution in [0.5, 0.6) is 11.5 Å². The Morgan fingerprint density at radius 3 is 2.52 bits per heavy atom. The first-order valence-electron chi connectivity index (χ1n) is 7.39. The second-order valence-electron chi connectivity index (χ2n) is 4.67. The number of nitrogens with zero attached hydrogens (tertiary/aromatic N) is 1. The quantitative estimate of drug-likeness (QED) is 0.884. The Bertz CT molecular complexity index is 735. The standard InChI is InChI=1S/C18H18N2O3/c1-3-22-16-9-8-14(11-17(16)23-4-2)18(21)20-15-7-5-6-13(10-15)12-19/h5-11H,3-4H2,1-2H3,(H,20,21). The number of amides is 1. The third kappa shape index (κ3) is 4.24. The van der Waals surface area contributed by atoms with Crippen LogP contribution in [-0.2, 0) is 0 Å². The summed E-state index contributed by atoms with van der Waals surface area (Å²) in [5.41, 5.74) is 1.52. The van der Waals surface area contributed by atoms with Gasteiger partial charge in [-0.3, -0.25) is 4.79 Å². The van der Waals surface area contributed by atoms with Gasteiger partial charge in [-0.2, -0.15) is 5.26 Å². The van der Waals surface area contributed by atoms with E-state index >= 15 is 0 Å². The van der Waals surface area contributed by atoms with Gasteiger partial charge in [0.2, 0.25) is 0 Å². The molecule has 2 aromatic rings. The van der Waals surface area contributed by atoms with Crippen LogP contribution in [0.4, 0.5) is 5.69 Å². The molecule has 0 aliphatic heterocycles. The minimum Gasteiger partial charge on any atom is -0.490 e. The van der Waals surface area contributed by atoms with Crippen LogP contribution in [0.3, 0.4) is 0 Å². The molecule has 0 heterocycles. The van der Waals surface area contributed by atoms with Crippen LogP contribution in [0.2, 0.25) is 0 Å². The number of rotatable bonds is 6. The predicted octanol–water partition coefficient (Wildman–Crippen LogP) is 3.61. The highest BCUT2D eigenvalue weighted by Gasteiger charge is 2.12. The zero-order chi connectivity index (χ0) is 16.7. The van der Waals surface area contributed by atoms with Crippen molar-refractivity contribution in [1.82, 2.24) is 0 Å². The fourth-order valence-corrected chi connectivity index (χ4v) is 2.06. The lowest BCUT2D eigenvalue weighted by Crippen LogP contribution is -2.12. The number of anilines is 1. The summed E-state index contributed by atoms with van der Waals surface area (Å²) < 4.78 is 11.0. The number of ether oxygens (including phenoxy) is 2. The van der Waals surface area contributed by atoms with Gasteiger partial charge in [0, 0.05) is 11.3 Å². The van der Waals surface area contributed by atoms with E-state index in [0.717, 1.165) is 0 Å². The van der Waals surface area contributed by atoms with Crippen LogP contribution < -0.4 is 14.8 Å². The molecule has 2 rings (SSSR count). The zero-order valence-electron chi connectivity index (χ0n) is 13.1. The van der Waals surface area contributed by atoms with Gasteiger partial charge in [0.25, 0.3) is 5.91 Å². The summed E-state index contributed by atoms with van der Waals surface area (Å²) in [6, 6.07) is 13.8. The van der Waals surface area contributed by atoms with Gasteiger partial charge in [0.1, 0.15) is 0 Å². The smallest absolute Gasteiger partial charge is 0.255 e. The third-order valence-electron chi connectivity index (χ3n) is 3.06. The summed E-state index contributed by atoms with van der Waals surface area (Å²) in [4.78, 5) is 12.3. The van der Waals surface area contributed by atoms with Crippen LogP contribution in [0.25, 0.3) is 0 Å². The van der Waals surface area contributed by atoms with Crippen molar-refractivity contribution in [1.29, 1.82) is 5.26 Å². The van der Waals surface area contributed by atoms with E-state index in [9.17, 15) is 4.79 Å².